The highest BCUT2D eigenvalue weighted by Gasteiger charge is 2.56. The molecule has 0 aromatic rings. The molecule has 100 valence electrons. The third-order valence-electron chi connectivity index (χ3n) is 2.05. The van der Waals surface area contributed by atoms with Crippen molar-refractivity contribution < 1.29 is 26.7 Å². The fourth-order valence-electron chi connectivity index (χ4n) is 0.906. The summed E-state index contributed by atoms with van der Waals surface area (Å²) in [7, 11) is 1.18. The summed E-state index contributed by atoms with van der Waals surface area (Å²) in [5.41, 5.74) is 0. The zero-order valence-electron chi connectivity index (χ0n) is 9.52. The van der Waals surface area contributed by atoms with Gasteiger partial charge in [-0.1, -0.05) is 13.0 Å². The first-order valence-corrected chi connectivity index (χ1v) is 4.98. The number of likely N-dealkylation sites (N-methyl/N-ethyl adjacent to an activating group) is 1. The van der Waals surface area contributed by atoms with E-state index in [-0.39, 0.29) is 0 Å². The van der Waals surface area contributed by atoms with Gasteiger partial charge < -0.3 is 4.90 Å². The number of alkyl halides is 5. The highest BCUT2D eigenvalue weighted by atomic mass is 19.4. The molecule has 0 aromatic heterocycles. The molecule has 0 aliphatic rings. The van der Waals surface area contributed by atoms with Crippen molar-refractivity contribution in [3.8, 4) is 0 Å². The van der Waals surface area contributed by atoms with E-state index < -0.39 is 31.0 Å². The Morgan fingerprint density at radius 1 is 1.24 bits per heavy atom. The van der Waals surface area contributed by atoms with Crippen molar-refractivity contribution in [1.29, 1.82) is 0 Å². The van der Waals surface area contributed by atoms with Gasteiger partial charge in [-0.05, 0) is 12.5 Å². The minimum absolute atomic E-state index is 0.582. The number of hydrogen-bond donors (Lipinski definition) is 0. The van der Waals surface area contributed by atoms with Gasteiger partial charge in [0.2, 0.25) is 5.91 Å². The van der Waals surface area contributed by atoms with E-state index in [0.717, 1.165) is 11.0 Å². The number of hydrogen-bond acceptors (Lipinski definition) is 1. The van der Waals surface area contributed by atoms with E-state index in [1.165, 1.54) is 13.1 Å². The third-order valence-corrected chi connectivity index (χ3v) is 2.05. The van der Waals surface area contributed by atoms with Gasteiger partial charge in [-0.2, -0.15) is 22.0 Å². The molecule has 0 saturated heterocycles. The van der Waals surface area contributed by atoms with E-state index in [0.29, 0.717) is 6.42 Å². The van der Waals surface area contributed by atoms with Crippen LogP contribution in [0, 0.1) is 0 Å². The van der Waals surface area contributed by atoms with E-state index in [4.69, 9.17) is 0 Å². The summed E-state index contributed by atoms with van der Waals surface area (Å²) in [6.45, 7) is 1.11. The van der Waals surface area contributed by atoms with Crippen LogP contribution in [0.2, 0.25) is 0 Å². The number of carbonyl (C=O) groups excluding carboxylic acids is 1. The number of rotatable bonds is 5. The summed E-state index contributed by atoms with van der Waals surface area (Å²) >= 11 is 0. The maximum absolute atomic E-state index is 12.5. The van der Waals surface area contributed by atoms with Gasteiger partial charge in [0.25, 0.3) is 0 Å². The molecular weight excluding hydrogens is 245 g/mol. The Hall–Kier alpha value is -1.14. The van der Waals surface area contributed by atoms with Crippen molar-refractivity contribution in [2.75, 3.05) is 13.6 Å². The smallest absolute Gasteiger partial charge is 0.342 e. The Morgan fingerprint density at radius 2 is 1.76 bits per heavy atom. The van der Waals surface area contributed by atoms with Crippen LogP contribution in [0.4, 0.5) is 22.0 Å². The molecule has 0 radical (unpaired) electrons. The zero-order chi connectivity index (χ0) is 13.7. The van der Waals surface area contributed by atoms with Crippen LogP contribution >= 0.6 is 0 Å². The second-order valence-electron chi connectivity index (χ2n) is 3.52. The Kier molecular flexibility index (Phi) is 5.57. The molecule has 0 heterocycles. The average molecular weight is 259 g/mol. The lowest BCUT2D eigenvalue weighted by molar-refractivity contribution is -0.284. The summed E-state index contributed by atoms with van der Waals surface area (Å²) in [5.74, 6) is -5.36. The SMILES string of the molecule is CC/C=C/C(=O)N(C)CCC(F)(F)C(F)(F)F. The largest absolute Gasteiger partial charge is 0.453 e. The van der Waals surface area contributed by atoms with Gasteiger partial charge in [-0.25, -0.2) is 0 Å². The predicted octanol–water partition coefficient (Wildman–Crippen LogP) is 3.00. The standard InChI is InChI=1S/C10H14F5NO/c1-3-4-5-8(17)16(2)7-6-9(11,12)10(13,14)15/h4-5H,3,6-7H2,1-2H3/b5-4+. The number of allylic oxidation sites excluding steroid dienone is 1. The van der Waals surface area contributed by atoms with E-state index in [1.807, 2.05) is 0 Å². The monoisotopic (exact) mass is 259 g/mol. The van der Waals surface area contributed by atoms with Crippen molar-refractivity contribution in [2.45, 2.75) is 31.9 Å². The van der Waals surface area contributed by atoms with E-state index in [9.17, 15) is 26.7 Å². The third kappa shape index (κ3) is 5.14. The van der Waals surface area contributed by atoms with Crippen LogP contribution in [-0.4, -0.2) is 36.5 Å². The lowest BCUT2D eigenvalue weighted by Gasteiger charge is -2.22. The normalized spacial score (nSPS) is 13.1. The van der Waals surface area contributed by atoms with Gasteiger partial charge in [0.05, 0.1) is 0 Å². The summed E-state index contributed by atoms with van der Waals surface area (Å²) in [6, 6.07) is 0. The molecule has 0 unspecified atom stereocenters. The number of carbonyl (C=O) groups is 1. The van der Waals surface area contributed by atoms with Crippen LogP contribution in [0.25, 0.3) is 0 Å². The maximum atomic E-state index is 12.5. The van der Waals surface area contributed by atoms with Crippen LogP contribution < -0.4 is 0 Å². The van der Waals surface area contributed by atoms with Crippen molar-refractivity contribution in [2.24, 2.45) is 0 Å². The molecule has 7 heteroatoms. The molecule has 0 N–H and O–H groups in total. The van der Waals surface area contributed by atoms with Crippen molar-refractivity contribution in [3.63, 3.8) is 0 Å². The lowest BCUT2D eigenvalue weighted by Crippen LogP contribution is -2.40. The summed E-state index contributed by atoms with van der Waals surface area (Å²) in [4.78, 5) is 12.0. The minimum Gasteiger partial charge on any atom is -0.342 e. The molecule has 0 atom stereocenters. The van der Waals surface area contributed by atoms with Crippen LogP contribution in [0.5, 0.6) is 0 Å². The minimum atomic E-state index is -5.57. The number of amides is 1. The molecule has 0 rings (SSSR count). The van der Waals surface area contributed by atoms with Crippen LogP contribution in [0.15, 0.2) is 12.2 Å². The molecule has 0 spiro atoms. The first-order chi connectivity index (χ1) is 7.62. The molecule has 0 aliphatic heterocycles. The van der Waals surface area contributed by atoms with Gasteiger partial charge >= 0.3 is 12.1 Å². The Bertz CT molecular complexity index is 285. The molecule has 0 fully saturated rings. The molecule has 0 aromatic carbocycles. The van der Waals surface area contributed by atoms with Gasteiger partial charge in [0.1, 0.15) is 0 Å². The molecule has 0 aliphatic carbocycles. The second-order valence-corrected chi connectivity index (χ2v) is 3.52. The number of nitrogens with zero attached hydrogens (tertiary/aromatic N) is 1. The van der Waals surface area contributed by atoms with Crippen molar-refractivity contribution in [1.82, 2.24) is 4.90 Å². The first-order valence-electron chi connectivity index (χ1n) is 4.98. The Labute approximate surface area is 96.1 Å². The fraction of sp³-hybridized carbons (Fsp3) is 0.700. The second kappa shape index (κ2) is 5.97. The summed E-state index contributed by atoms with van der Waals surface area (Å²) in [6.07, 6.45) is -3.78. The fourth-order valence-corrected chi connectivity index (χ4v) is 0.906. The molecule has 1 amide bonds. The van der Waals surface area contributed by atoms with Gasteiger partial charge in [-0.3, -0.25) is 4.79 Å². The van der Waals surface area contributed by atoms with Crippen LogP contribution in [0.1, 0.15) is 19.8 Å². The Balaban J connectivity index is 4.29. The summed E-state index contributed by atoms with van der Waals surface area (Å²) in [5, 5.41) is 0. The predicted molar refractivity (Wildman–Crippen MR) is 52.7 cm³/mol. The highest BCUT2D eigenvalue weighted by molar-refractivity contribution is 5.87. The molecule has 0 saturated carbocycles. The highest BCUT2D eigenvalue weighted by Crippen LogP contribution is 2.37. The Morgan fingerprint density at radius 3 is 2.18 bits per heavy atom. The number of halogens is 5. The van der Waals surface area contributed by atoms with E-state index in [1.54, 1.807) is 6.92 Å². The molecule has 2 nitrogen and oxygen atoms in total. The zero-order valence-corrected chi connectivity index (χ0v) is 9.52. The topological polar surface area (TPSA) is 20.3 Å². The van der Waals surface area contributed by atoms with Crippen LogP contribution in [0.3, 0.4) is 0 Å². The maximum Gasteiger partial charge on any atom is 0.453 e. The van der Waals surface area contributed by atoms with E-state index >= 15 is 0 Å². The quantitative estimate of drug-likeness (QED) is 0.549. The van der Waals surface area contributed by atoms with Gasteiger partial charge in [0.15, 0.2) is 0 Å². The van der Waals surface area contributed by atoms with E-state index in [2.05, 4.69) is 0 Å². The average Bonchev–Trinajstić information content (AvgIpc) is 2.20. The van der Waals surface area contributed by atoms with Crippen molar-refractivity contribution in [3.05, 3.63) is 12.2 Å². The lowest BCUT2D eigenvalue weighted by atomic mass is 10.2. The first kappa shape index (κ1) is 15.9. The van der Waals surface area contributed by atoms with Crippen LogP contribution in [-0.2, 0) is 4.79 Å². The van der Waals surface area contributed by atoms with Gasteiger partial charge in [0, 0.05) is 20.0 Å². The van der Waals surface area contributed by atoms with Gasteiger partial charge in [-0.15, -0.1) is 0 Å². The molecular formula is C10H14F5NO. The molecule has 17 heavy (non-hydrogen) atoms. The molecule has 0 bridgehead atoms. The van der Waals surface area contributed by atoms with Crippen molar-refractivity contribution >= 4 is 5.91 Å². The summed E-state index contributed by atoms with van der Waals surface area (Å²) < 4.78 is 60.5.